The maximum Gasteiger partial charge on any atom is 0.306 e. The number of nitrogens with zero attached hydrogens (tertiary/aromatic N) is 4. The number of carboxylic acid groups (broad SMARTS) is 1. The van der Waals surface area contributed by atoms with Crippen LogP contribution in [0.4, 0.5) is 27.9 Å². The van der Waals surface area contributed by atoms with Crippen molar-refractivity contribution in [2.45, 2.75) is 57.9 Å². The van der Waals surface area contributed by atoms with E-state index in [2.05, 4.69) is 25.6 Å². The molecule has 1 unspecified atom stereocenters. The fourth-order valence-corrected chi connectivity index (χ4v) is 4.56. The first kappa shape index (κ1) is 28.1. The van der Waals surface area contributed by atoms with Crippen LogP contribution in [0, 0.1) is 11.7 Å². The van der Waals surface area contributed by atoms with Gasteiger partial charge in [-0.05, 0) is 67.6 Å². The Bertz CT molecular complexity index is 1200. The van der Waals surface area contributed by atoms with Gasteiger partial charge in [-0.1, -0.05) is 38.3 Å². The van der Waals surface area contributed by atoms with Crippen LogP contribution < -0.4 is 20.3 Å². The molecule has 0 saturated heterocycles. The van der Waals surface area contributed by atoms with Gasteiger partial charge in [0.15, 0.2) is 0 Å². The number of anilines is 4. The fourth-order valence-electron chi connectivity index (χ4n) is 4.56. The number of hydrogen-bond acceptors (Lipinski definition) is 8. The number of halogens is 1. The largest absolute Gasteiger partial charge is 0.492 e. The molecule has 0 radical (unpaired) electrons. The summed E-state index contributed by atoms with van der Waals surface area (Å²) in [4.78, 5) is 27.0. The Kier molecular flexibility index (Phi) is 9.88. The van der Waals surface area contributed by atoms with E-state index in [1.54, 1.807) is 12.1 Å². The van der Waals surface area contributed by atoms with Gasteiger partial charge in [0, 0.05) is 18.8 Å². The minimum absolute atomic E-state index is 0.309. The van der Waals surface area contributed by atoms with E-state index in [-0.39, 0.29) is 11.7 Å². The maximum absolute atomic E-state index is 13.4. The van der Waals surface area contributed by atoms with E-state index in [1.165, 1.54) is 31.4 Å². The quantitative estimate of drug-likeness (QED) is 0.254. The summed E-state index contributed by atoms with van der Waals surface area (Å²) in [6.45, 7) is 2.82. The van der Waals surface area contributed by atoms with Crippen molar-refractivity contribution in [2.24, 2.45) is 5.92 Å². The summed E-state index contributed by atoms with van der Waals surface area (Å²) in [5.41, 5.74) is 1.65. The zero-order valence-electron chi connectivity index (χ0n) is 22.6. The average Bonchev–Trinajstić information content (AvgIpc) is 2.94. The molecule has 0 aliphatic heterocycles. The molecule has 1 heterocycles. The molecule has 9 nitrogen and oxygen atoms in total. The van der Waals surface area contributed by atoms with Gasteiger partial charge in [-0.3, -0.25) is 4.79 Å². The number of rotatable bonds is 13. The summed E-state index contributed by atoms with van der Waals surface area (Å²) in [5.74, 6) is 0.622. The first-order valence-electron chi connectivity index (χ1n) is 13.6. The number of benzene rings is 2. The van der Waals surface area contributed by atoms with E-state index in [1.807, 2.05) is 43.1 Å². The molecule has 2 aromatic carbocycles. The Labute approximate surface area is 228 Å². The molecular formula is C29H37FN6O3. The van der Waals surface area contributed by atoms with Gasteiger partial charge in [0.05, 0.1) is 12.5 Å². The lowest BCUT2D eigenvalue weighted by Crippen LogP contribution is -2.28. The molecule has 10 heteroatoms. The Morgan fingerprint density at radius 2 is 1.74 bits per heavy atom. The summed E-state index contributed by atoms with van der Waals surface area (Å²) in [6, 6.07) is 13.9. The molecule has 1 saturated carbocycles. The third-order valence-electron chi connectivity index (χ3n) is 6.95. The van der Waals surface area contributed by atoms with Crippen LogP contribution in [-0.2, 0) is 11.2 Å². The molecule has 1 aliphatic rings. The summed E-state index contributed by atoms with van der Waals surface area (Å²) in [7, 11) is 1.89. The highest BCUT2D eigenvalue weighted by molar-refractivity contribution is 5.70. The average molecular weight is 537 g/mol. The number of aromatic nitrogens is 3. The third kappa shape index (κ3) is 8.53. The van der Waals surface area contributed by atoms with Crippen LogP contribution in [0.25, 0.3) is 0 Å². The number of ether oxygens (including phenoxy) is 1. The molecule has 0 amide bonds. The molecule has 3 N–H and O–H groups in total. The van der Waals surface area contributed by atoms with Crippen molar-refractivity contribution in [1.82, 2.24) is 15.0 Å². The van der Waals surface area contributed by atoms with E-state index in [0.717, 1.165) is 18.4 Å². The van der Waals surface area contributed by atoms with Crippen molar-refractivity contribution < 1.29 is 19.0 Å². The van der Waals surface area contributed by atoms with Crippen molar-refractivity contribution in [3.05, 3.63) is 59.9 Å². The summed E-state index contributed by atoms with van der Waals surface area (Å²) < 4.78 is 19.3. The smallest absolute Gasteiger partial charge is 0.306 e. The van der Waals surface area contributed by atoms with E-state index in [0.29, 0.717) is 61.3 Å². The summed E-state index contributed by atoms with van der Waals surface area (Å²) in [5, 5.41) is 15.9. The summed E-state index contributed by atoms with van der Waals surface area (Å²) in [6.07, 6.45) is 6.89. The number of carboxylic acids is 1. The first-order valence-corrected chi connectivity index (χ1v) is 13.6. The molecule has 1 aromatic heterocycles. The van der Waals surface area contributed by atoms with Crippen LogP contribution in [0.2, 0.25) is 0 Å². The van der Waals surface area contributed by atoms with Crippen molar-refractivity contribution in [2.75, 3.05) is 35.7 Å². The topological polar surface area (TPSA) is 113 Å². The second kappa shape index (κ2) is 13.7. The molecule has 1 fully saturated rings. The molecular weight excluding hydrogens is 499 g/mol. The van der Waals surface area contributed by atoms with Crippen molar-refractivity contribution >= 4 is 29.5 Å². The second-order valence-corrected chi connectivity index (χ2v) is 9.96. The lowest BCUT2D eigenvalue weighted by molar-refractivity contribution is -0.141. The van der Waals surface area contributed by atoms with E-state index in [9.17, 15) is 14.3 Å². The minimum atomic E-state index is -0.771. The van der Waals surface area contributed by atoms with Gasteiger partial charge < -0.3 is 25.4 Å². The van der Waals surface area contributed by atoms with Gasteiger partial charge in [-0.2, -0.15) is 15.0 Å². The minimum Gasteiger partial charge on any atom is -0.492 e. The molecule has 4 rings (SSSR count). The van der Waals surface area contributed by atoms with Gasteiger partial charge in [0.25, 0.3) is 0 Å². The third-order valence-corrected chi connectivity index (χ3v) is 6.95. The molecule has 39 heavy (non-hydrogen) atoms. The van der Waals surface area contributed by atoms with Crippen LogP contribution in [-0.4, -0.2) is 52.3 Å². The predicted molar refractivity (Wildman–Crippen MR) is 150 cm³/mol. The zero-order valence-corrected chi connectivity index (χ0v) is 22.6. The van der Waals surface area contributed by atoms with Gasteiger partial charge in [0.2, 0.25) is 17.8 Å². The van der Waals surface area contributed by atoms with Crippen molar-refractivity contribution in [1.29, 1.82) is 0 Å². The molecule has 208 valence electrons. The second-order valence-electron chi connectivity index (χ2n) is 9.96. The van der Waals surface area contributed by atoms with Crippen LogP contribution in [0.5, 0.6) is 5.75 Å². The zero-order chi connectivity index (χ0) is 27.6. The van der Waals surface area contributed by atoms with Gasteiger partial charge in [-0.15, -0.1) is 0 Å². The Morgan fingerprint density at radius 3 is 2.41 bits per heavy atom. The van der Waals surface area contributed by atoms with Crippen molar-refractivity contribution in [3.63, 3.8) is 0 Å². The van der Waals surface area contributed by atoms with Gasteiger partial charge >= 0.3 is 5.97 Å². The lowest BCUT2D eigenvalue weighted by Gasteiger charge is -2.24. The van der Waals surface area contributed by atoms with Gasteiger partial charge in [0.1, 0.15) is 18.2 Å². The highest BCUT2D eigenvalue weighted by Crippen LogP contribution is 2.23. The lowest BCUT2D eigenvalue weighted by atomic mass is 9.96. The SMILES string of the molecule is CCC(Cc1ccc(OCCN(C)c2nc(Nc3ccc(F)cc3)nc(NC3CCCCC3)n2)cc1)C(=O)O. The predicted octanol–water partition coefficient (Wildman–Crippen LogP) is 5.67. The Balaban J connectivity index is 1.39. The van der Waals surface area contributed by atoms with Crippen molar-refractivity contribution in [3.8, 4) is 5.75 Å². The van der Waals surface area contributed by atoms with E-state index in [4.69, 9.17) is 4.74 Å². The van der Waals surface area contributed by atoms with E-state index < -0.39 is 5.97 Å². The Hall–Kier alpha value is -3.95. The van der Waals surface area contributed by atoms with Crippen LogP contribution in [0.3, 0.4) is 0 Å². The normalized spacial score (nSPS) is 14.4. The standard InChI is InChI=1S/C29H37FN6O3/c1-3-21(26(37)38)19-20-9-15-25(16-10-20)39-18-17-36(2)29-34-27(31-23-7-5-4-6-8-23)33-28(35-29)32-24-13-11-22(30)12-14-24/h9-16,21,23H,3-8,17-19H2,1-2H3,(H,37,38)(H2,31,32,33,34,35). The molecule has 3 aromatic rings. The first-order chi connectivity index (χ1) is 18.9. The van der Waals surface area contributed by atoms with Crippen LogP contribution in [0.15, 0.2) is 48.5 Å². The fraction of sp³-hybridized carbons (Fsp3) is 0.448. The Morgan fingerprint density at radius 1 is 1.05 bits per heavy atom. The summed E-state index contributed by atoms with van der Waals surface area (Å²) >= 11 is 0. The number of likely N-dealkylation sites (N-methyl/N-ethyl adjacent to an activating group) is 1. The highest BCUT2D eigenvalue weighted by Gasteiger charge is 2.18. The molecule has 0 bridgehead atoms. The number of nitrogens with one attached hydrogen (secondary N) is 2. The van der Waals surface area contributed by atoms with E-state index >= 15 is 0 Å². The maximum atomic E-state index is 13.4. The number of hydrogen-bond donors (Lipinski definition) is 3. The molecule has 1 aliphatic carbocycles. The highest BCUT2D eigenvalue weighted by atomic mass is 19.1. The number of aliphatic carboxylic acids is 1. The van der Waals surface area contributed by atoms with Crippen LogP contribution >= 0.6 is 0 Å². The van der Waals surface area contributed by atoms with Crippen LogP contribution in [0.1, 0.15) is 51.0 Å². The monoisotopic (exact) mass is 536 g/mol. The van der Waals surface area contributed by atoms with Gasteiger partial charge in [-0.25, -0.2) is 4.39 Å². The number of carbonyl (C=O) groups is 1. The molecule has 1 atom stereocenters. The molecule has 0 spiro atoms.